The molecule has 1 amide bonds. The van der Waals surface area contributed by atoms with Gasteiger partial charge in [-0.15, -0.1) is 0 Å². The molecule has 0 aromatic heterocycles. The molecule has 17 heavy (non-hydrogen) atoms. The summed E-state index contributed by atoms with van der Waals surface area (Å²) in [6.45, 7) is 3.86. The van der Waals surface area contributed by atoms with Crippen molar-refractivity contribution in [3.8, 4) is 17.2 Å². The largest absolute Gasteiger partial charge is 0.493 e. The van der Waals surface area contributed by atoms with E-state index in [0.717, 1.165) is 0 Å². The lowest BCUT2D eigenvalue weighted by atomic mass is 10.1. The normalized spacial score (nSPS) is 9.53. The first-order chi connectivity index (χ1) is 8.13. The third-order valence-electron chi connectivity index (χ3n) is 2.09. The molecule has 0 bridgehead atoms. The Morgan fingerprint density at radius 3 is 2.24 bits per heavy atom. The fourth-order valence-corrected chi connectivity index (χ4v) is 1.31. The molecule has 0 saturated heterocycles. The highest BCUT2D eigenvalue weighted by molar-refractivity contribution is 5.94. The van der Waals surface area contributed by atoms with Gasteiger partial charge in [-0.3, -0.25) is 4.79 Å². The van der Waals surface area contributed by atoms with E-state index in [0.29, 0.717) is 29.4 Å². The number of carbonyl (C=O) groups excluding carboxylic acids is 1. The molecule has 1 aromatic carbocycles. The molecule has 0 aliphatic rings. The maximum absolute atomic E-state index is 11.1. The number of hydrogen-bond acceptors (Lipinski definition) is 4. The number of methoxy groups -OCH3 is 2. The Hall–Kier alpha value is -2.17. The van der Waals surface area contributed by atoms with Crippen LogP contribution in [0.3, 0.4) is 0 Å². The molecule has 0 radical (unpaired) electrons. The number of benzene rings is 1. The zero-order valence-electron chi connectivity index (χ0n) is 9.86. The quantitative estimate of drug-likeness (QED) is 0.758. The van der Waals surface area contributed by atoms with Gasteiger partial charge in [0.05, 0.1) is 14.2 Å². The van der Waals surface area contributed by atoms with E-state index in [2.05, 4.69) is 6.58 Å². The van der Waals surface area contributed by atoms with Gasteiger partial charge >= 0.3 is 0 Å². The van der Waals surface area contributed by atoms with E-state index in [-0.39, 0.29) is 0 Å². The molecular weight excluding hydrogens is 222 g/mol. The zero-order chi connectivity index (χ0) is 12.8. The third-order valence-corrected chi connectivity index (χ3v) is 2.09. The van der Waals surface area contributed by atoms with Crippen molar-refractivity contribution >= 4 is 5.91 Å². The van der Waals surface area contributed by atoms with Crippen molar-refractivity contribution in [1.82, 2.24) is 0 Å². The lowest BCUT2D eigenvalue weighted by molar-refractivity contribution is 0.0999. The number of hydrogen-bond donors (Lipinski definition) is 1. The number of nitrogens with two attached hydrogens (primary N) is 1. The summed E-state index contributed by atoms with van der Waals surface area (Å²) < 4.78 is 15.7. The van der Waals surface area contributed by atoms with Crippen molar-refractivity contribution in [2.45, 2.75) is 0 Å². The predicted octanol–water partition coefficient (Wildman–Crippen LogP) is 1.37. The second kappa shape index (κ2) is 5.79. The number of ether oxygens (including phenoxy) is 3. The summed E-state index contributed by atoms with van der Waals surface area (Å²) in [7, 11) is 2.95. The summed E-state index contributed by atoms with van der Waals surface area (Å²) in [5.41, 5.74) is 5.50. The zero-order valence-corrected chi connectivity index (χ0v) is 9.86. The number of amides is 1. The molecule has 0 spiro atoms. The van der Waals surface area contributed by atoms with Gasteiger partial charge in [-0.1, -0.05) is 12.7 Å². The molecule has 5 heteroatoms. The Balaban J connectivity index is 3.25. The van der Waals surface area contributed by atoms with Gasteiger partial charge in [0.1, 0.15) is 6.61 Å². The van der Waals surface area contributed by atoms with Crippen molar-refractivity contribution in [2.24, 2.45) is 5.73 Å². The molecule has 1 aromatic rings. The molecule has 1 rings (SSSR count). The Labute approximate surface area is 99.8 Å². The van der Waals surface area contributed by atoms with Crippen LogP contribution in [-0.4, -0.2) is 26.7 Å². The SMILES string of the molecule is C=CCOc1c(OC)cc(C(N)=O)cc1OC. The molecular formula is C12H15NO4. The molecule has 0 fully saturated rings. The van der Waals surface area contributed by atoms with Crippen LogP contribution in [0.25, 0.3) is 0 Å². The number of rotatable bonds is 6. The molecule has 0 aliphatic heterocycles. The lowest BCUT2D eigenvalue weighted by Gasteiger charge is -2.14. The first-order valence-corrected chi connectivity index (χ1v) is 4.93. The van der Waals surface area contributed by atoms with Gasteiger partial charge in [-0.2, -0.15) is 0 Å². The molecule has 0 unspecified atom stereocenters. The lowest BCUT2D eigenvalue weighted by Crippen LogP contribution is -2.12. The van der Waals surface area contributed by atoms with E-state index in [9.17, 15) is 4.79 Å². The summed E-state index contributed by atoms with van der Waals surface area (Å²) in [4.78, 5) is 11.1. The minimum Gasteiger partial charge on any atom is -0.493 e. The van der Waals surface area contributed by atoms with Crippen LogP contribution >= 0.6 is 0 Å². The van der Waals surface area contributed by atoms with E-state index in [1.165, 1.54) is 26.4 Å². The van der Waals surface area contributed by atoms with Crippen LogP contribution in [0.4, 0.5) is 0 Å². The standard InChI is InChI=1S/C12H15NO4/c1-4-5-17-11-9(15-2)6-8(12(13)14)7-10(11)16-3/h4,6-7H,1,5H2,2-3H3,(H2,13,14). The monoisotopic (exact) mass is 237 g/mol. The Bertz CT molecular complexity index is 404. The van der Waals surface area contributed by atoms with Crippen molar-refractivity contribution in [1.29, 1.82) is 0 Å². The van der Waals surface area contributed by atoms with Gasteiger partial charge in [-0.25, -0.2) is 0 Å². The van der Waals surface area contributed by atoms with E-state index in [1.807, 2.05) is 0 Å². The van der Waals surface area contributed by atoms with Gasteiger partial charge < -0.3 is 19.9 Å². The smallest absolute Gasteiger partial charge is 0.248 e. The average Bonchev–Trinajstić information content (AvgIpc) is 2.34. The fraction of sp³-hybridized carbons (Fsp3) is 0.250. The Morgan fingerprint density at radius 1 is 1.35 bits per heavy atom. The fourth-order valence-electron chi connectivity index (χ4n) is 1.31. The van der Waals surface area contributed by atoms with Crippen LogP contribution in [0, 0.1) is 0 Å². The molecule has 0 saturated carbocycles. The van der Waals surface area contributed by atoms with Crippen LogP contribution in [0.5, 0.6) is 17.2 Å². The summed E-state index contributed by atoms with van der Waals surface area (Å²) in [6.07, 6.45) is 1.60. The molecule has 0 aliphatic carbocycles. The summed E-state index contributed by atoms with van der Waals surface area (Å²) in [5, 5.41) is 0. The third kappa shape index (κ3) is 2.90. The highest BCUT2D eigenvalue weighted by Crippen LogP contribution is 2.38. The highest BCUT2D eigenvalue weighted by atomic mass is 16.5. The van der Waals surface area contributed by atoms with Gasteiger partial charge in [0.25, 0.3) is 0 Å². The topological polar surface area (TPSA) is 70.8 Å². The second-order valence-corrected chi connectivity index (χ2v) is 3.17. The summed E-state index contributed by atoms with van der Waals surface area (Å²) in [6, 6.07) is 3.01. The molecule has 92 valence electrons. The van der Waals surface area contributed by atoms with Crippen LogP contribution in [0.15, 0.2) is 24.8 Å². The highest BCUT2D eigenvalue weighted by Gasteiger charge is 2.15. The van der Waals surface area contributed by atoms with Crippen LogP contribution in [-0.2, 0) is 0 Å². The van der Waals surface area contributed by atoms with Crippen molar-refractivity contribution in [3.05, 3.63) is 30.4 Å². The van der Waals surface area contributed by atoms with Gasteiger partial charge in [-0.05, 0) is 12.1 Å². The van der Waals surface area contributed by atoms with Crippen LogP contribution in [0.1, 0.15) is 10.4 Å². The van der Waals surface area contributed by atoms with Crippen LogP contribution < -0.4 is 19.9 Å². The minimum absolute atomic E-state index is 0.296. The molecule has 0 atom stereocenters. The van der Waals surface area contributed by atoms with Gasteiger partial charge in [0.2, 0.25) is 11.7 Å². The van der Waals surface area contributed by atoms with E-state index >= 15 is 0 Å². The van der Waals surface area contributed by atoms with Gasteiger partial charge in [0.15, 0.2) is 11.5 Å². The first kappa shape index (κ1) is 12.9. The molecule has 0 heterocycles. The molecule has 5 nitrogen and oxygen atoms in total. The van der Waals surface area contributed by atoms with Crippen LogP contribution in [0.2, 0.25) is 0 Å². The van der Waals surface area contributed by atoms with Crippen molar-refractivity contribution in [3.63, 3.8) is 0 Å². The van der Waals surface area contributed by atoms with E-state index in [1.54, 1.807) is 6.08 Å². The maximum Gasteiger partial charge on any atom is 0.248 e. The first-order valence-electron chi connectivity index (χ1n) is 4.93. The second-order valence-electron chi connectivity index (χ2n) is 3.17. The van der Waals surface area contributed by atoms with Crippen molar-refractivity contribution < 1.29 is 19.0 Å². The van der Waals surface area contributed by atoms with Crippen molar-refractivity contribution in [2.75, 3.05) is 20.8 Å². The predicted molar refractivity (Wildman–Crippen MR) is 63.8 cm³/mol. The number of carbonyl (C=O) groups is 1. The Morgan fingerprint density at radius 2 is 1.88 bits per heavy atom. The average molecular weight is 237 g/mol. The number of primary amides is 1. The molecule has 2 N–H and O–H groups in total. The van der Waals surface area contributed by atoms with E-state index in [4.69, 9.17) is 19.9 Å². The maximum atomic E-state index is 11.1. The van der Waals surface area contributed by atoms with Gasteiger partial charge in [0, 0.05) is 5.56 Å². The summed E-state index contributed by atoms with van der Waals surface area (Å²) in [5.74, 6) is 0.636. The minimum atomic E-state index is -0.558. The Kier molecular flexibility index (Phi) is 4.39. The summed E-state index contributed by atoms with van der Waals surface area (Å²) >= 11 is 0. The van der Waals surface area contributed by atoms with E-state index < -0.39 is 5.91 Å².